The van der Waals surface area contributed by atoms with Crippen molar-refractivity contribution in [2.45, 2.75) is 45.8 Å². The second-order valence-electron chi connectivity index (χ2n) is 5.40. The van der Waals surface area contributed by atoms with Crippen LogP contribution in [0.2, 0.25) is 0 Å². The predicted octanol–water partition coefficient (Wildman–Crippen LogP) is 0.872. The van der Waals surface area contributed by atoms with Crippen molar-refractivity contribution in [3.8, 4) is 0 Å². The van der Waals surface area contributed by atoms with Crippen LogP contribution in [0.15, 0.2) is 0 Å². The number of alkyl carbamates (subject to hydrolysis) is 1. The lowest BCUT2D eigenvalue weighted by Crippen LogP contribution is -2.46. The number of rotatable bonds is 5. The topological polar surface area (TPSA) is 70.6 Å². The first-order valence-electron chi connectivity index (χ1n) is 5.49. The second kappa shape index (κ2) is 6.06. The van der Waals surface area contributed by atoms with E-state index < -0.39 is 11.7 Å². The van der Waals surface area contributed by atoms with Gasteiger partial charge in [-0.25, -0.2) is 4.79 Å². The van der Waals surface area contributed by atoms with Gasteiger partial charge < -0.3 is 20.5 Å². The van der Waals surface area contributed by atoms with E-state index in [4.69, 9.17) is 9.84 Å². The number of amides is 1. The molecule has 0 unspecified atom stereocenters. The summed E-state index contributed by atoms with van der Waals surface area (Å²) in [7, 11) is 0. The lowest BCUT2D eigenvalue weighted by molar-refractivity contribution is 0.0526. The van der Waals surface area contributed by atoms with E-state index >= 15 is 0 Å². The van der Waals surface area contributed by atoms with Crippen LogP contribution in [0, 0.1) is 0 Å². The smallest absolute Gasteiger partial charge is 0.407 e. The van der Waals surface area contributed by atoms with Crippen LogP contribution in [0.4, 0.5) is 4.79 Å². The highest BCUT2D eigenvalue weighted by Crippen LogP contribution is 2.06. The first kappa shape index (κ1) is 15.2. The minimum atomic E-state index is -0.470. The normalized spacial score (nSPS) is 12.4. The van der Waals surface area contributed by atoms with Crippen molar-refractivity contribution in [2.75, 3.05) is 19.7 Å². The highest BCUT2D eigenvalue weighted by molar-refractivity contribution is 5.67. The quantitative estimate of drug-likeness (QED) is 0.615. The minimum Gasteiger partial charge on any atom is -0.444 e. The van der Waals surface area contributed by atoms with E-state index in [1.165, 1.54) is 0 Å². The fourth-order valence-electron chi connectivity index (χ4n) is 0.936. The summed E-state index contributed by atoms with van der Waals surface area (Å²) in [5.74, 6) is 0. The predicted molar refractivity (Wildman–Crippen MR) is 63.4 cm³/mol. The second-order valence-corrected chi connectivity index (χ2v) is 5.40. The van der Waals surface area contributed by atoms with Crippen LogP contribution in [0.5, 0.6) is 0 Å². The standard InChI is InChI=1S/C11H24N2O3/c1-10(2,3)16-9(15)12-6-7-13-11(4,5)8-14/h13-14H,6-8H2,1-5H3,(H,12,15). The van der Waals surface area contributed by atoms with Gasteiger partial charge in [0.25, 0.3) is 0 Å². The molecule has 0 aliphatic rings. The third-order valence-electron chi connectivity index (χ3n) is 1.79. The zero-order chi connectivity index (χ0) is 12.8. The Hall–Kier alpha value is -0.810. The molecule has 0 heterocycles. The van der Waals surface area contributed by atoms with Crippen LogP contribution in [0.25, 0.3) is 0 Å². The number of carbonyl (C=O) groups excluding carboxylic acids is 1. The van der Waals surface area contributed by atoms with Crippen molar-refractivity contribution < 1.29 is 14.6 Å². The Morgan fingerprint density at radius 1 is 1.19 bits per heavy atom. The summed E-state index contributed by atoms with van der Waals surface area (Å²) in [6.07, 6.45) is -0.420. The van der Waals surface area contributed by atoms with Crippen LogP contribution in [0.3, 0.4) is 0 Å². The Kier molecular flexibility index (Phi) is 5.75. The van der Waals surface area contributed by atoms with E-state index in [1.54, 1.807) is 0 Å². The molecule has 0 aliphatic carbocycles. The van der Waals surface area contributed by atoms with Gasteiger partial charge in [-0.2, -0.15) is 0 Å². The zero-order valence-electron chi connectivity index (χ0n) is 10.9. The molecule has 0 aliphatic heterocycles. The molecule has 96 valence electrons. The Morgan fingerprint density at radius 3 is 2.19 bits per heavy atom. The van der Waals surface area contributed by atoms with Crippen LogP contribution < -0.4 is 10.6 Å². The monoisotopic (exact) mass is 232 g/mol. The van der Waals surface area contributed by atoms with E-state index in [1.807, 2.05) is 34.6 Å². The molecular weight excluding hydrogens is 208 g/mol. The molecule has 0 aromatic carbocycles. The molecule has 0 fully saturated rings. The largest absolute Gasteiger partial charge is 0.444 e. The van der Waals surface area contributed by atoms with E-state index in [-0.39, 0.29) is 12.1 Å². The number of aliphatic hydroxyl groups is 1. The van der Waals surface area contributed by atoms with Crippen LogP contribution in [-0.2, 0) is 4.74 Å². The van der Waals surface area contributed by atoms with E-state index in [9.17, 15) is 4.79 Å². The maximum absolute atomic E-state index is 11.2. The first-order chi connectivity index (χ1) is 7.16. The van der Waals surface area contributed by atoms with Gasteiger partial charge in [-0.1, -0.05) is 0 Å². The number of hydrogen-bond acceptors (Lipinski definition) is 4. The summed E-state index contributed by atoms with van der Waals surface area (Å²) in [5, 5.41) is 14.7. The Morgan fingerprint density at radius 2 is 1.75 bits per heavy atom. The molecule has 16 heavy (non-hydrogen) atoms. The maximum Gasteiger partial charge on any atom is 0.407 e. The third kappa shape index (κ3) is 8.49. The third-order valence-corrected chi connectivity index (χ3v) is 1.79. The Bertz CT molecular complexity index is 222. The molecule has 0 radical (unpaired) electrons. The molecule has 0 bridgehead atoms. The van der Waals surface area contributed by atoms with Crippen molar-refractivity contribution >= 4 is 6.09 Å². The number of nitrogens with one attached hydrogen (secondary N) is 2. The minimum absolute atomic E-state index is 0.0550. The lowest BCUT2D eigenvalue weighted by Gasteiger charge is -2.24. The van der Waals surface area contributed by atoms with Gasteiger partial charge >= 0.3 is 6.09 Å². The summed E-state index contributed by atoms with van der Waals surface area (Å²) in [6.45, 7) is 10.4. The summed E-state index contributed by atoms with van der Waals surface area (Å²) >= 11 is 0. The maximum atomic E-state index is 11.2. The molecule has 5 heteroatoms. The van der Waals surface area contributed by atoms with Gasteiger partial charge in [-0.3, -0.25) is 0 Å². The van der Waals surface area contributed by atoms with Gasteiger partial charge in [-0.05, 0) is 34.6 Å². The van der Waals surface area contributed by atoms with Gasteiger partial charge in [0.2, 0.25) is 0 Å². The molecular formula is C11H24N2O3. The molecule has 0 saturated carbocycles. The fourth-order valence-corrected chi connectivity index (χ4v) is 0.936. The van der Waals surface area contributed by atoms with Crippen molar-refractivity contribution in [1.82, 2.24) is 10.6 Å². The molecule has 1 amide bonds. The molecule has 0 aromatic heterocycles. The van der Waals surface area contributed by atoms with Crippen molar-refractivity contribution in [3.05, 3.63) is 0 Å². The Balaban J connectivity index is 3.64. The average molecular weight is 232 g/mol. The average Bonchev–Trinajstić information content (AvgIpc) is 2.10. The SMILES string of the molecule is CC(C)(CO)NCCNC(=O)OC(C)(C)C. The number of ether oxygens (including phenoxy) is 1. The molecule has 0 rings (SSSR count). The van der Waals surface area contributed by atoms with Crippen molar-refractivity contribution in [3.63, 3.8) is 0 Å². The molecule has 0 saturated heterocycles. The number of hydrogen-bond donors (Lipinski definition) is 3. The van der Waals surface area contributed by atoms with Crippen LogP contribution in [0.1, 0.15) is 34.6 Å². The summed E-state index contributed by atoms with van der Waals surface area (Å²) < 4.78 is 5.07. The first-order valence-corrected chi connectivity index (χ1v) is 5.49. The van der Waals surface area contributed by atoms with Crippen molar-refractivity contribution in [1.29, 1.82) is 0 Å². The van der Waals surface area contributed by atoms with Gasteiger partial charge in [0.1, 0.15) is 5.60 Å². The molecule has 0 atom stereocenters. The molecule has 5 nitrogen and oxygen atoms in total. The van der Waals surface area contributed by atoms with Crippen molar-refractivity contribution in [2.24, 2.45) is 0 Å². The van der Waals surface area contributed by atoms with Gasteiger partial charge in [0, 0.05) is 18.6 Å². The number of aliphatic hydroxyl groups excluding tert-OH is 1. The summed E-state index contributed by atoms with van der Waals surface area (Å²) in [4.78, 5) is 11.2. The lowest BCUT2D eigenvalue weighted by atomic mass is 10.1. The van der Waals surface area contributed by atoms with Crippen LogP contribution >= 0.6 is 0 Å². The summed E-state index contributed by atoms with van der Waals surface area (Å²) in [5.41, 5.74) is -0.794. The summed E-state index contributed by atoms with van der Waals surface area (Å²) in [6, 6.07) is 0. The van der Waals surface area contributed by atoms with E-state index in [2.05, 4.69) is 10.6 Å². The van der Waals surface area contributed by atoms with E-state index in [0.29, 0.717) is 13.1 Å². The molecule has 0 aromatic rings. The van der Waals surface area contributed by atoms with E-state index in [0.717, 1.165) is 0 Å². The highest BCUT2D eigenvalue weighted by atomic mass is 16.6. The van der Waals surface area contributed by atoms with Gasteiger partial charge in [0.05, 0.1) is 6.61 Å². The molecule has 3 N–H and O–H groups in total. The molecule has 0 spiro atoms. The Labute approximate surface area is 97.6 Å². The van der Waals surface area contributed by atoms with Gasteiger partial charge in [0.15, 0.2) is 0 Å². The number of carbonyl (C=O) groups is 1. The van der Waals surface area contributed by atoms with Gasteiger partial charge in [-0.15, -0.1) is 0 Å². The van der Waals surface area contributed by atoms with Crippen LogP contribution in [-0.4, -0.2) is 42.0 Å². The fraction of sp³-hybridized carbons (Fsp3) is 0.909. The highest BCUT2D eigenvalue weighted by Gasteiger charge is 2.17. The zero-order valence-corrected chi connectivity index (χ0v) is 10.9.